The van der Waals surface area contributed by atoms with Gasteiger partial charge in [0.05, 0.1) is 0 Å². The average Bonchev–Trinajstić information content (AvgIpc) is 3.38. The Kier molecular flexibility index (Phi) is 18.7. The number of anilines is 3. The smallest absolute Gasteiger partial charge is 0.261 e. The average molecular weight is 977 g/mol. The number of aromatic nitrogens is 3. The van der Waals surface area contributed by atoms with Crippen molar-refractivity contribution in [2.75, 3.05) is 36.0 Å². The third-order valence-corrected chi connectivity index (χ3v) is 15.5. The Morgan fingerprint density at radius 1 is 0.417 bits per heavy atom. The maximum absolute atomic E-state index is 14.7. The molecule has 1 aromatic heterocycles. The summed E-state index contributed by atoms with van der Waals surface area (Å²) in [6, 6.07) is 15.3. The molecule has 5 aromatic carbocycles. The Morgan fingerprint density at radius 2 is 0.764 bits per heavy atom. The van der Waals surface area contributed by atoms with Gasteiger partial charge in [0, 0.05) is 58.7 Å². The number of nitrogens with two attached hydrogens (primary N) is 1. The van der Waals surface area contributed by atoms with Crippen molar-refractivity contribution in [3.63, 3.8) is 0 Å². The van der Waals surface area contributed by atoms with Crippen LogP contribution in [0.15, 0.2) is 48.5 Å². The lowest BCUT2D eigenvalue weighted by molar-refractivity contribution is 0.0514. The molecule has 0 saturated heterocycles. The van der Waals surface area contributed by atoms with Gasteiger partial charge >= 0.3 is 0 Å². The second-order valence-corrected chi connectivity index (χ2v) is 20.7. The lowest BCUT2D eigenvalue weighted by Gasteiger charge is -2.35. The number of imide groups is 2. The fourth-order valence-corrected chi connectivity index (χ4v) is 11.6. The number of unbranched alkanes of at least 4 members (excludes halogenated alkanes) is 20. The molecule has 3 heterocycles. The number of benzene rings is 5. The lowest BCUT2D eigenvalue weighted by Crippen LogP contribution is -2.47. The molecule has 0 atom stereocenters. The van der Waals surface area contributed by atoms with E-state index in [2.05, 4.69) is 46.4 Å². The third-order valence-electron chi connectivity index (χ3n) is 15.5. The summed E-state index contributed by atoms with van der Waals surface area (Å²) in [5, 5.41) is 13.2. The molecule has 4 amide bonds. The molecule has 12 nitrogen and oxygen atoms in total. The summed E-state index contributed by atoms with van der Waals surface area (Å²) in [6.45, 7) is 8.27. The fourth-order valence-electron chi connectivity index (χ4n) is 11.6. The Labute approximate surface area is 427 Å². The van der Waals surface area contributed by atoms with E-state index >= 15 is 0 Å². The van der Waals surface area contributed by atoms with Gasteiger partial charge in [0.1, 0.15) is 0 Å². The fraction of sp³-hybridized carbons (Fsp3) is 0.550. The van der Waals surface area contributed by atoms with E-state index < -0.39 is 0 Å². The van der Waals surface area contributed by atoms with E-state index in [-0.39, 0.29) is 42.2 Å². The van der Waals surface area contributed by atoms with E-state index in [1.165, 1.54) is 108 Å². The van der Waals surface area contributed by atoms with Crippen LogP contribution in [0, 0.1) is 0 Å². The number of carbonyl (C=O) groups excluding carboxylic acids is 4. The SMILES string of the molecule is CCCCCCCCCCCCNc1nc(N)nc(NCCCCN2C(=O)c3ccc4c5ccc6c7c(ccc(c8ccc(c3c48)C2=O)c75)C(=O)N(C(CCCCCCCC)CCCCCCCC)C6=O)n1. The van der Waals surface area contributed by atoms with Gasteiger partial charge in [-0.1, -0.05) is 180 Å². The van der Waals surface area contributed by atoms with Crippen LogP contribution in [0.5, 0.6) is 0 Å². The minimum Gasteiger partial charge on any atom is -0.368 e. The highest BCUT2D eigenvalue weighted by Crippen LogP contribution is 2.46. The van der Waals surface area contributed by atoms with Crippen LogP contribution in [0.2, 0.25) is 0 Å². The molecule has 0 radical (unpaired) electrons. The summed E-state index contributed by atoms with van der Waals surface area (Å²) in [5.41, 5.74) is 8.17. The molecule has 2 aliphatic heterocycles. The zero-order valence-corrected chi connectivity index (χ0v) is 43.6. The Hall–Kier alpha value is -5.91. The van der Waals surface area contributed by atoms with Crippen molar-refractivity contribution < 1.29 is 19.2 Å². The lowest BCUT2D eigenvalue weighted by atomic mass is 9.82. The van der Waals surface area contributed by atoms with Crippen LogP contribution in [0.25, 0.3) is 43.1 Å². The molecule has 72 heavy (non-hydrogen) atoms. The van der Waals surface area contributed by atoms with Crippen molar-refractivity contribution in [2.24, 2.45) is 0 Å². The van der Waals surface area contributed by atoms with Gasteiger partial charge in [-0.05, 0) is 88.7 Å². The predicted octanol–water partition coefficient (Wildman–Crippen LogP) is 14.8. The van der Waals surface area contributed by atoms with Crippen molar-refractivity contribution in [3.8, 4) is 0 Å². The second-order valence-electron chi connectivity index (χ2n) is 20.7. The van der Waals surface area contributed by atoms with Crippen molar-refractivity contribution in [1.82, 2.24) is 24.8 Å². The molecule has 0 fully saturated rings. The topological polar surface area (TPSA) is 164 Å². The molecule has 0 saturated carbocycles. The number of fused-ring (bicyclic) bond motifs is 2. The standard InChI is InChI=1S/C60H80N8O4/c1-4-7-10-13-16-17-18-19-22-25-38-62-59-64-58(61)65-60(66-59)63-39-26-27-40-67-54(69)46-34-30-42-44-32-36-48-53-49(37-33-45(51(44)53)43-31-35-47(55(67)70)52(46)50(42)43)57(72)68(56(48)71)41(28-23-20-14-11-8-5-2)29-24-21-15-12-9-6-3/h30-37,41H,4-29,38-40H2,1-3H3,(H4,61,62,63,64,65,66). The minimum absolute atomic E-state index is 0.137. The van der Waals surface area contributed by atoms with Gasteiger partial charge in [-0.25, -0.2) is 0 Å². The normalized spacial score (nSPS) is 13.7. The summed E-state index contributed by atoms with van der Waals surface area (Å²) >= 11 is 0. The molecule has 0 spiro atoms. The molecule has 0 unspecified atom stereocenters. The van der Waals surface area contributed by atoms with Crippen molar-refractivity contribution in [2.45, 2.75) is 194 Å². The van der Waals surface area contributed by atoms with Gasteiger partial charge in [0.2, 0.25) is 17.8 Å². The highest BCUT2D eigenvalue weighted by atomic mass is 16.2. The zero-order chi connectivity index (χ0) is 50.4. The number of amides is 4. The highest BCUT2D eigenvalue weighted by molar-refractivity contribution is 6.41. The molecule has 384 valence electrons. The van der Waals surface area contributed by atoms with Crippen LogP contribution in [0.4, 0.5) is 17.8 Å². The second kappa shape index (κ2) is 25.7. The quantitative estimate of drug-likeness (QED) is 0.0156. The minimum atomic E-state index is -0.309. The van der Waals surface area contributed by atoms with Crippen molar-refractivity contribution >= 4 is 84.6 Å². The van der Waals surface area contributed by atoms with Crippen molar-refractivity contribution in [1.29, 1.82) is 0 Å². The monoisotopic (exact) mass is 977 g/mol. The summed E-state index contributed by atoms with van der Waals surface area (Å²) in [7, 11) is 0. The van der Waals surface area contributed by atoms with E-state index in [0.717, 1.165) is 90.2 Å². The number of hydrogen-bond donors (Lipinski definition) is 3. The number of hydrogen-bond acceptors (Lipinski definition) is 10. The van der Waals surface area contributed by atoms with E-state index in [1.807, 2.05) is 48.5 Å². The third kappa shape index (κ3) is 11.8. The summed E-state index contributed by atoms with van der Waals surface area (Å²) < 4.78 is 0. The Morgan fingerprint density at radius 3 is 1.17 bits per heavy atom. The van der Waals surface area contributed by atoms with Crippen molar-refractivity contribution in [3.05, 3.63) is 70.8 Å². The number of nitrogens with one attached hydrogen (secondary N) is 2. The van der Waals surface area contributed by atoms with Crippen LogP contribution >= 0.6 is 0 Å². The first-order valence-electron chi connectivity index (χ1n) is 28.2. The first-order chi connectivity index (χ1) is 35.3. The van der Waals surface area contributed by atoms with E-state index in [9.17, 15) is 19.2 Å². The molecule has 0 aliphatic carbocycles. The maximum Gasteiger partial charge on any atom is 0.261 e. The Balaban J connectivity index is 0.924. The van der Waals surface area contributed by atoms with E-state index in [1.54, 1.807) is 4.90 Å². The van der Waals surface area contributed by atoms with Crippen LogP contribution in [0.1, 0.15) is 229 Å². The van der Waals surface area contributed by atoms with E-state index in [4.69, 9.17) is 5.73 Å². The predicted molar refractivity (Wildman–Crippen MR) is 296 cm³/mol. The molecule has 0 bridgehead atoms. The number of rotatable bonds is 33. The number of carbonyl (C=O) groups is 4. The van der Waals surface area contributed by atoms with Gasteiger partial charge in [-0.15, -0.1) is 0 Å². The van der Waals surface area contributed by atoms with Gasteiger partial charge in [-0.3, -0.25) is 29.0 Å². The van der Waals surface area contributed by atoms with Gasteiger partial charge in [-0.2, -0.15) is 15.0 Å². The zero-order valence-electron chi connectivity index (χ0n) is 43.6. The molecular formula is C60H80N8O4. The molecular weight excluding hydrogens is 897 g/mol. The summed E-state index contributed by atoms with van der Waals surface area (Å²) in [4.78, 5) is 74.0. The van der Waals surface area contributed by atoms with Gasteiger partial charge < -0.3 is 16.4 Å². The summed E-state index contributed by atoms with van der Waals surface area (Å²) in [5.74, 6) is -0.0387. The molecule has 4 N–H and O–H groups in total. The van der Waals surface area contributed by atoms with E-state index in [0.29, 0.717) is 64.3 Å². The highest BCUT2D eigenvalue weighted by Gasteiger charge is 2.39. The Bertz CT molecular complexity index is 2690. The number of nitrogens with zero attached hydrogens (tertiary/aromatic N) is 5. The van der Waals surface area contributed by atoms with Crippen LogP contribution in [0.3, 0.4) is 0 Å². The molecule has 12 heteroatoms. The van der Waals surface area contributed by atoms with Gasteiger partial charge in [0.25, 0.3) is 23.6 Å². The maximum atomic E-state index is 14.7. The van der Waals surface area contributed by atoms with Crippen LogP contribution < -0.4 is 16.4 Å². The molecule has 8 rings (SSSR count). The number of nitrogen functional groups attached to an aromatic ring is 1. The van der Waals surface area contributed by atoms with Crippen LogP contribution in [-0.2, 0) is 0 Å². The first kappa shape index (κ1) is 52.4. The largest absolute Gasteiger partial charge is 0.368 e. The molecule has 6 aromatic rings. The summed E-state index contributed by atoms with van der Waals surface area (Å²) in [6.07, 6.45) is 29.6. The van der Waals surface area contributed by atoms with Gasteiger partial charge in [0.15, 0.2) is 0 Å². The first-order valence-corrected chi connectivity index (χ1v) is 28.2. The van der Waals surface area contributed by atoms with Crippen LogP contribution in [-0.4, -0.2) is 74.1 Å². The molecule has 2 aliphatic rings.